The van der Waals surface area contributed by atoms with Gasteiger partial charge >= 0.3 is 0 Å². The lowest BCUT2D eigenvalue weighted by molar-refractivity contribution is -0.0626. The van der Waals surface area contributed by atoms with Gasteiger partial charge in [0.25, 0.3) is 0 Å². The van der Waals surface area contributed by atoms with E-state index in [4.69, 9.17) is 14.2 Å². The van der Waals surface area contributed by atoms with Crippen LogP contribution < -0.4 is 9.47 Å². The highest BCUT2D eigenvalue weighted by molar-refractivity contribution is 5.47. The Morgan fingerprint density at radius 1 is 0.962 bits per heavy atom. The Morgan fingerprint density at radius 3 is 2.08 bits per heavy atom. The Hall–Kier alpha value is -2.44. The number of phenols is 2. The second-order valence-electron chi connectivity index (χ2n) is 6.09. The summed E-state index contributed by atoms with van der Waals surface area (Å²) in [5.74, 6) is 0.266. The van der Waals surface area contributed by atoms with E-state index in [1.165, 1.54) is 26.4 Å². The van der Waals surface area contributed by atoms with Gasteiger partial charge < -0.3 is 29.5 Å². The molecule has 0 saturated heterocycles. The minimum Gasteiger partial charge on any atom is -0.504 e. The molecular weight excluding hydrogens is 336 g/mol. The average Bonchev–Trinajstić information content (AvgIpc) is 2.64. The normalized spacial score (nSPS) is 14.5. The summed E-state index contributed by atoms with van der Waals surface area (Å²) in [5, 5.41) is 29.9. The number of hydrogen-bond donors (Lipinski definition) is 3. The Labute approximate surface area is 153 Å². The van der Waals surface area contributed by atoms with Crippen LogP contribution in [0, 0.1) is 0 Å². The van der Waals surface area contributed by atoms with Gasteiger partial charge in [-0.2, -0.15) is 0 Å². The molecule has 0 saturated carbocycles. The van der Waals surface area contributed by atoms with Crippen molar-refractivity contribution in [1.29, 1.82) is 0 Å². The first-order valence-electron chi connectivity index (χ1n) is 8.40. The van der Waals surface area contributed by atoms with Gasteiger partial charge in [-0.25, -0.2) is 0 Å². The number of aromatic hydroxyl groups is 2. The summed E-state index contributed by atoms with van der Waals surface area (Å²) < 4.78 is 16.5. The molecule has 0 aromatic heterocycles. The van der Waals surface area contributed by atoms with Gasteiger partial charge in [0.2, 0.25) is 0 Å². The lowest BCUT2D eigenvalue weighted by atomic mass is 9.78. The van der Waals surface area contributed by atoms with Crippen molar-refractivity contribution in [2.75, 3.05) is 27.4 Å². The van der Waals surface area contributed by atoms with Gasteiger partial charge in [-0.15, -0.1) is 0 Å². The Bertz CT molecular complexity index is 745. The molecule has 6 nitrogen and oxygen atoms in total. The van der Waals surface area contributed by atoms with Crippen LogP contribution in [0.3, 0.4) is 0 Å². The Balaban J connectivity index is 2.58. The number of phenolic OH excluding ortho intramolecular Hbond substituents is 2. The first-order valence-corrected chi connectivity index (χ1v) is 8.40. The maximum absolute atomic E-state index is 10.2. The predicted octanol–water partition coefficient (Wildman–Crippen LogP) is 3.14. The third-order valence-corrected chi connectivity index (χ3v) is 4.65. The summed E-state index contributed by atoms with van der Waals surface area (Å²) in [5.41, 5.74) is 0.608. The van der Waals surface area contributed by atoms with Crippen molar-refractivity contribution in [2.45, 2.75) is 25.4 Å². The van der Waals surface area contributed by atoms with Gasteiger partial charge in [0, 0.05) is 12.5 Å². The molecule has 0 heterocycles. The number of rotatable bonds is 8. The van der Waals surface area contributed by atoms with Crippen molar-refractivity contribution in [1.82, 2.24) is 0 Å². The van der Waals surface area contributed by atoms with E-state index in [0.717, 1.165) is 11.1 Å². The van der Waals surface area contributed by atoms with Crippen LogP contribution in [-0.2, 0) is 10.3 Å². The molecule has 26 heavy (non-hydrogen) atoms. The largest absolute Gasteiger partial charge is 0.504 e. The van der Waals surface area contributed by atoms with Crippen LogP contribution >= 0.6 is 0 Å². The number of aliphatic hydroxyl groups is 1. The molecule has 0 aliphatic rings. The van der Waals surface area contributed by atoms with Gasteiger partial charge in [0.05, 0.1) is 26.4 Å². The Morgan fingerprint density at radius 2 is 1.54 bits per heavy atom. The average molecular weight is 362 g/mol. The molecule has 0 amide bonds. The fourth-order valence-electron chi connectivity index (χ4n) is 3.18. The zero-order chi connectivity index (χ0) is 19.3. The minimum atomic E-state index is -0.896. The summed E-state index contributed by atoms with van der Waals surface area (Å²) in [7, 11) is 2.95. The molecule has 0 aliphatic carbocycles. The molecule has 0 spiro atoms. The van der Waals surface area contributed by atoms with Crippen molar-refractivity contribution in [3.8, 4) is 23.0 Å². The highest BCUT2D eigenvalue weighted by atomic mass is 16.5. The van der Waals surface area contributed by atoms with Crippen LogP contribution in [0.15, 0.2) is 36.4 Å². The van der Waals surface area contributed by atoms with E-state index in [9.17, 15) is 15.3 Å². The predicted molar refractivity (Wildman–Crippen MR) is 98.1 cm³/mol. The summed E-state index contributed by atoms with van der Waals surface area (Å²) >= 11 is 0. The molecule has 2 aromatic carbocycles. The van der Waals surface area contributed by atoms with Crippen LogP contribution in [0.1, 0.15) is 30.9 Å². The van der Waals surface area contributed by atoms with E-state index in [0.29, 0.717) is 18.1 Å². The van der Waals surface area contributed by atoms with Crippen molar-refractivity contribution >= 4 is 0 Å². The lowest BCUT2D eigenvalue weighted by Gasteiger charge is -2.37. The molecule has 2 rings (SSSR count). The van der Waals surface area contributed by atoms with E-state index in [-0.39, 0.29) is 18.1 Å². The van der Waals surface area contributed by atoms with E-state index < -0.39 is 11.5 Å². The monoisotopic (exact) mass is 362 g/mol. The van der Waals surface area contributed by atoms with Gasteiger partial charge in [-0.1, -0.05) is 12.1 Å². The third kappa shape index (κ3) is 3.71. The molecule has 0 radical (unpaired) electrons. The zero-order valence-corrected chi connectivity index (χ0v) is 15.5. The SMILES string of the molecule is CCOC(C)(c1ccc(O)c(OC)c1)C(CO)c1ccc(O)c(OC)c1. The number of ether oxygens (including phenoxy) is 3. The molecule has 6 heteroatoms. The molecule has 0 aliphatic heterocycles. The van der Waals surface area contributed by atoms with Crippen molar-refractivity contribution < 1.29 is 29.5 Å². The first-order chi connectivity index (χ1) is 12.4. The smallest absolute Gasteiger partial charge is 0.160 e. The van der Waals surface area contributed by atoms with Crippen LogP contribution in [0.2, 0.25) is 0 Å². The van der Waals surface area contributed by atoms with Gasteiger partial charge in [0.15, 0.2) is 23.0 Å². The van der Waals surface area contributed by atoms with E-state index in [1.807, 2.05) is 13.8 Å². The summed E-state index contributed by atoms with van der Waals surface area (Å²) in [4.78, 5) is 0. The second-order valence-corrected chi connectivity index (χ2v) is 6.09. The molecule has 2 atom stereocenters. The maximum atomic E-state index is 10.2. The number of aliphatic hydroxyl groups excluding tert-OH is 1. The van der Waals surface area contributed by atoms with Crippen LogP contribution in [0.5, 0.6) is 23.0 Å². The second kappa shape index (κ2) is 8.29. The zero-order valence-electron chi connectivity index (χ0n) is 15.5. The van der Waals surface area contributed by atoms with Gasteiger partial charge in [-0.3, -0.25) is 0 Å². The van der Waals surface area contributed by atoms with Crippen LogP contribution in [-0.4, -0.2) is 42.8 Å². The highest BCUT2D eigenvalue weighted by Crippen LogP contribution is 2.44. The van der Waals surface area contributed by atoms with E-state index in [1.54, 1.807) is 24.3 Å². The lowest BCUT2D eigenvalue weighted by Crippen LogP contribution is -2.36. The van der Waals surface area contributed by atoms with Crippen LogP contribution in [0.25, 0.3) is 0 Å². The van der Waals surface area contributed by atoms with E-state index >= 15 is 0 Å². The Kier molecular flexibility index (Phi) is 6.34. The minimum absolute atomic E-state index is 0.0253. The molecule has 142 valence electrons. The fraction of sp³-hybridized carbons (Fsp3) is 0.400. The van der Waals surface area contributed by atoms with Crippen LogP contribution in [0.4, 0.5) is 0 Å². The highest BCUT2D eigenvalue weighted by Gasteiger charge is 2.38. The topological polar surface area (TPSA) is 88.4 Å². The molecular formula is C20H26O6. The summed E-state index contributed by atoms with van der Waals surface area (Å²) in [6.45, 7) is 3.99. The van der Waals surface area contributed by atoms with Gasteiger partial charge in [0.1, 0.15) is 0 Å². The molecule has 3 N–H and O–H groups in total. The molecule has 2 unspecified atom stereocenters. The summed E-state index contributed by atoms with van der Waals surface area (Å²) in [6, 6.07) is 9.93. The number of methoxy groups -OCH3 is 2. The molecule has 0 bridgehead atoms. The van der Waals surface area contributed by atoms with E-state index in [2.05, 4.69) is 0 Å². The molecule has 0 fully saturated rings. The third-order valence-electron chi connectivity index (χ3n) is 4.65. The fourth-order valence-corrected chi connectivity index (χ4v) is 3.18. The van der Waals surface area contributed by atoms with Gasteiger partial charge in [-0.05, 0) is 49.2 Å². The van der Waals surface area contributed by atoms with Crippen molar-refractivity contribution in [3.63, 3.8) is 0 Å². The maximum Gasteiger partial charge on any atom is 0.160 e. The number of benzene rings is 2. The number of hydrogen-bond acceptors (Lipinski definition) is 6. The first kappa shape index (κ1) is 19.9. The quantitative estimate of drug-likeness (QED) is 0.669. The van der Waals surface area contributed by atoms with Crippen molar-refractivity contribution in [3.05, 3.63) is 47.5 Å². The standard InChI is InChI=1S/C20H26O6/c1-5-26-20(2,14-7-9-17(23)19(11-14)25-4)15(12-21)13-6-8-16(22)18(10-13)24-3/h6-11,15,21-23H,5,12H2,1-4H3. The summed E-state index contributed by atoms with van der Waals surface area (Å²) in [6.07, 6.45) is 0. The molecule has 2 aromatic rings. The van der Waals surface area contributed by atoms with Crippen molar-refractivity contribution in [2.24, 2.45) is 0 Å².